The smallest absolute Gasteiger partial charge is 0.118 e. The molecule has 7 heavy (non-hydrogen) atoms. The highest BCUT2D eigenvalue weighted by Gasteiger charge is 1.68. The first-order valence-corrected chi connectivity index (χ1v) is 3.17. The summed E-state index contributed by atoms with van der Waals surface area (Å²) in [5.74, 6) is 1.02. The monoisotopic (exact) mass is 150 g/mol. The first-order valence-electron chi connectivity index (χ1n) is 1.72. The number of rotatable bonds is 2. The van der Waals surface area contributed by atoms with Gasteiger partial charge in [-0.15, -0.1) is 5.28 Å². The molecule has 4 radical (unpaired) electrons. The van der Waals surface area contributed by atoms with Crippen molar-refractivity contribution in [1.82, 2.24) is 0 Å². The number of hydrogen-bond acceptors (Lipinski definition) is 1. The molecular weight excluding hydrogens is 139 g/mol. The standard InChI is InChI=1S/C3H7S.Al.O.H4Si/c1-2-3-4;;;/h4H,1-3H2;;;1H4. The molecule has 0 heterocycles. The molecule has 0 aromatic rings. The largest absolute Gasteiger partial charge is 0.179 e. The van der Waals surface area contributed by atoms with Crippen LogP contribution in [-0.4, -0.2) is 33.0 Å². The predicted octanol–water partition coefficient (Wildman–Crippen LogP) is -0.677. The quantitative estimate of drug-likeness (QED) is 0.399. The summed E-state index contributed by atoms with van der Waals surface area (Å²) in [6.45, 7) is 0. The molecular formula is C3H11AlOSSi. The molecule has 0 aliphatic rings. The second-order valence-electron chi connectivity index (χ2n) is 0.866. The third-order valence-electron chi connectivity index (χ3n) is 0.362. The van der Waals surface area contributed by atoms with Gasteiger partial charge >= 0.3 is 0 Å². The molecule has 0 N–H and O–H groups in total. The summed E-state index contributed by atoms with van der Waals surface area (Å²) < 4.78 is 0. The molecule has 42 valence electrons. The zero-order valence-corrected chi connectivity index (χ0v) is 5.60. The normalized spacial score (nSPS) is 5.86. The predicted molar refractivity (Wildman–Crippen MR) is 41.1 cm³/mol. The molecule has 0 fully saturated rings. The van der Waals surface area contributed by atoms with Gasteiger partial charge < -0.3 is 0 Å². The van der Waals surface area contributed by atoms with Crippen molar-refractivity contribution >= 4 is 39.9 Å². The van der Waals surface area contributed by atoms with Crippen LogP contribution in [-0.2, 0) is 5.48 Å². The van der Waals surface area contributed by atoms with Crippen LogP contribution < -0.4 is 0 Å². The fourth-order valence-corrected chi connectivity index (χ4v) is 0.822. The Bertz CT molecular complexity index is 22.4. The Balaban J connectivity index is -0.0000000800. The lowest BCUT2D eigenvalue weighted by molar-refractivity contribution is 0.686. The fourth-order valence-electron chi connectivity index (χ4n) is 0.0913. The van der Waals surface area contributed by atoms with Gasteiger partial charge in [-0.1, -0.05) is 6.42 Å². The van der Waals surface area contributed by atoms with Gasteiger partial charge in [0.15, 0.2) is 0 Å². The summed E-state index contributed by atoms with van der Waals surface area (Å²) in [6, 6.07) is 0. The lowest BCUT2D eigenvalue weighted by atomic mass is 10.6. The molecule has 0 unspecified atom stereocenters. The Morgan fingerprint density at radius 2 is 1.86 bits per heavy atom. The summed E-state index contributed by atoms with van der Waals surface area (Å²) in [6.07, 6.45) is 1.22. The molecule has 0 rings (SSSR count). The van der Waals surface area contributed by atoms with Crippen LogP contribution in [0.15, 0.2) is 0 Å². The number of thiol groups is 1. The number of hydrogen-bond donors (Lipinski definition) is 1. The average Bonchev–Trinajstić information content (AvgIpc) is 1.41. The van der Waals surface area contributed by atoms with E-state index in [2.05, 4.69) is 28.9 Å². The van der Waals surface area contributed by atoms with E-state index in [-0.39, 0.29) is 16.4 Å². The molecule has 0 aromatic carbocycles. The van der Waals surface area contributed by atoms with Gasteiger partial charge in [-0.05, 0) is 16.7 Å². The average molecular weight is 150 g/mol. The van der Waals surface area contributed by atoms with E-state index in [0.717, 1.165) is 5.75 Å². The van der Waals surface area contributed by atoms with Gasteiger partial charge in [0.05, 0.1) is 0 Å². The van der Waals surface area contributed by atoms with Crippen molar-refractivity contribution in [3.05, 3.63) is 0 Å². The Labute approximate surface area is 63.0 Å². The summed E-state index contributed by atoms with van der Waals surface area (Å²) in [7, 11) is 0. The molecule has 0 aliphatic heterocycles. The minimum Gasteiger partial charge on any atom is -0.179 e. The Kier molecular flexibility index (Phi) is 35.3. The molecule has 0 aliphatic carbocycles. The van der Waals surface area contributed by atoms with Crippen LogP contribution >= 0.6 is 12.6 Å². The van der Waals surface area contributed by atoms with Crippen molar-refractivity contribution in [2.24, 2.45) is 0 Å². The third kappa shape index (κ3) is 19.3. The molecule has 0 spiro atoms. The van der Waals surface area contributed by atoms with Crippen LogP contribution in [0.25, 0.3) is 0 Å². The lowest BCUT2D eigenvalue weighted by Crippen LogP contribution is -1.69. The topological polar surface area (TPSA) is 28.5 Å². The lowest BCUT2D eigenvalue weighted by Gasteiger charge is -1.79. The summed E-state index contributed by atoms with van der Waals surface area (Å²) >= 11 is 6.64. The zero-order chi connectivity index (χ0) is 4.12. The second-order valence-corrected chi connectivity index (χ2v) is 1.89. The Morgan fingerprint density at radius 3 is 1.86 bits per heavy atom. The molecule has 0 atom stereocenters. The zero-order valence-electron chi connectivity index (χ0n) is 3.55. The van der Waals surface area contributed by atoms with Crippen molar-refractivity contribution < 1.29 is 5.48 Å². The SMILES string of the molecule is [Al][CH2]CCS.[O].[SiH4]. The van der Waals surface area contributed by atoms with E-state index in [1.165, 1.54) is 11.7 Å². The van der Waals surface area contributed by atoms with Gasteiger partial charge in [-0.2, -0.15) is 12.6 Å². The first-order chi connectivity index (χ1) is 2.41. The van der Waals surface area contributed by atoms with Crippen LogP contribution in [0.2, 0.25) is 5.28 Å². The van der Waals surface area contributed by atoms with E-state index in [1.807, 2.05) is 0 Å². The maximum atomic E-state index is 3.99. The van der Waals surface area contributed by atoms with Crippen LogP contribution in [0.3, 0.4) is 0 Å². The second kappa shape index (κ2) is 15.7. The van der Waals surface area contributed by atoms with E-state index >= 15 is 0 Å². The van der Waals surface area contributed by atoms with Gasteiger partial charge in [-0.3, -0.25) is 0 Å². The summed E-state index contributed by atoms with van der Waals surface area (Å²) in [4.78, 5) is 0. The third-order valence-corrected chi connectivity index (χ3v) is 1.09. The Morgan fingerprint density at radius 1 is 1.43 bits per heavy atom. The van der Waals surface area contributed by atoms with E-state index in [1.54, 1.807) is 0 Å². The van der Waals surface area contributed by atoms with Crippen molar-refractivity contribution in [3.63, 3.8) is 0 Å². The molecule has 0 saturated heterocycles. The summed E-state index contributed by atoms with van der Waals surface area (Å²) in [5, 5.41) is 1.18. The van der Waals surface area contributed by atoms with Crippen molar-refractivity contribution in [3.8, 4) is 0 Å². The highest BCUT2D eigenvalue weighted by Crippen LogP contribution is 1.84. The van der Waals surface area contributed by atoms with Gasteiger partial charge in [0.2, 0.25) is 0 Å². The van der Waals surface area contributed by atoms with Crippen molar-refractivity contribution in [2.75, 3.05) is 5.75 Å². The molecule has 0 amide bonds. The highest BCUT2D eigenvalue weighted by molar-refractivity contribution is 7.80. The minimum absolute atomic E-state index is 0. The van der Waals surface area contributed by atoms with Crippen LogP contribution in [0.5, 0.6) is 0 Å². The summed E-state index contributed by atoms with van der Waals surface area (Å²) in [5.41, 5.74) is 0. The Hall–Kier alpha value is 1.06. The molecule has 1 nitrogen and oxygen atoms in total. The van der Waals surface area contributed by atoms with Gasteiger partial charge in [0, 0.05) is 5.48 Å². The van der Waals surface area contributed by atoms with Crippen molar-refractivity contribution in [2.45, 2.75) is 11.7 Å². The van der Waals surface area contributed by atoms with Crippen LogP contribution in [0.4, 0.5) is 0 Å². The fraction of sp³-hybridized carbons (Fsp3) is 1.00. The molecule has 4 heteroatoms. The maximum absolute atomic E-state index is 3.99. The van der Waals surface area contributed by atoms with Gasteiger partial charge in [-0.25, -0.2) is 0 Å². The van der Waals surface area contributed by atoms with Crippen LogP contribution in [0.1, 0.15) is 6.42 Å². The van der Waals surface area contributed by atoms with Crippen LogP contribution in [0, 0.1) is 0 Å². The van der Waals surface area contributed by atoms with Gasteiger partial charge in [0.1, 0.15) is 16.3 Å². The minimum atomic E-state index is 0. The molecule has 0 bridgehead atoms. The van der Waals surface area contributed by atoms with Crippen molar-refractivity contribution in [1.29, 1.82) is 0 Å². The highest BCUT2D eigenvalue weighted by atomic mass is 32.1. The first kappa shape index (κ1) is 15.7. The van der Waals surface area contributed by atoms with E-state index in [9.17, 15) is 0 Å². The van der Waals surface area contributed by atoms with Gasteiger partial charge in [0.25, 0.3) is 0 Å². The molecule has 0 aromatic heterocycles. The van der Waals surface area contributed by atoms with E-state index in [0.29, 0.717) is 0 Å². The van der Waals surface area contributed by atoms with E-state index < -0.39 is 0 Å². The van der Waals surface area contributed by atoms with E-state index in [4.69, 9.17) is 0 Å². The maximum Gasteiger partial charge on any atom is 0.118 e. The molecule has 0 saturated carbocycles.